The van der Waals surface area contributed by atoms with Gasteiger partial charge in [-0.3, -0.25) is 4.79 Å². The molecule has 1 aromatic carbocycles. The number of benzene rings is 1. The monoisotopic (exact) mass is 318 g/mol. The van der Waals surface area contributed by atoms with E-state index in [9.17, 15) is 9.18 Å². The summed E-state index contributed by atoms with van der Waals surface area (Å²) in [5, 5.41) is 0. The Morgan fingerprint density at radius 3 is 2.71 bits per heavy atom. The number of halogens is 2. The predicted octanol–water partition coefficient (Wildman–Crippen LogP) is 2.33. The number of amides is 1. The van der Waals surface area contributed by atoms with Gasteiger partial charge in [0.2, 0.25) is 0 Å². The molecular weight excluding hydrogens is 307 g/mol. The van der Waals surface area contributed by atoms with E-state index in [0.717, 1.165) is 0 Å². The van der Waals surface area contributed by atoms with E-state index in [1.807, 2.05) is 0 Å². The first-order chi connectivity index (χ1) is 7.86. The minimum absolute atomic E-state index is 0.145. The Balaban J connectivity index is 3.05. The molecule has 0 aliphatic rings. The van der Waals surface area contributed by atoms with Crippen molar-refractivity contribution in [1.82, 2.24) is 4.90 Å². The van der Waals surface area contributed by atoms with Crippen molar-refractivity contribution in [2.24, 2.45) is 5.73 Å². The fourth-order valence-electron chi connectivity index (χ4n) is 1.23. The van der Waals surface area contributed by atoms with Gasteiger partial charge in [-0.15, -0.1) is 0 Å². The van der Waals surface area contributed by atoms with Crippen LogP contribution in [-0.2, 0) is 0 Å². The first-order valence-electron chi connectivity index (χ1n) is 4.86. The van der Waals surface area contributed by atoms with Crippen LogP contribution in [0.25, 0.3) is 0 Å². The first kappa shape index (κ1) is 14.1. The van der Waals surface area contributed by atoms with Crippen LogP contribution in [0.15, 0.2) is 22.7 Å². The number of likely N-dealkylation sites (N-methyl/N-ethyl adjacent to an activating group) is 1. The van der Waals surface area contributed by atoms with Crippen molar-refractivity contribution in [1.29, 1.82) is 0 Å². The molecule has 1 amide bonds. The quantitative estimate of drug-likeness (QED) is 0.870. The normalized spacial score (nSPS) is 12.0. The summed E-state index contributed by atoms with van der Waals surface area (Å²) < 4.78 is 13.4. The number of rotatable bonds is 3. The number of hydrogen-bond acceptors (Lipinski definition) is 2. The van der Waals surface area contributed by atoms with Gasteiger partial charge in [0.25, 0.3) is 5.91 Å². The third-order valence-corrected chi connectivity index (χ3v) is 3.64. The zero-order valence-corrected chi connectivity index (χ0v) is 11.8. The fourth-order valence-corrected chi connectivity index (χ4v) is 1.82. The Morgan fingerprint density at radius 1 is 1.59 bits per heavy atom. The van der Waals surface area contributed by atoms with E-state index in [-0.39, 0.29) is 27.0 Å². The molecule has 92 valence electrons. The van der Waals surface area contributed by atoms with Crippen LogP contribution in [0.4, 0.5) is 4.39 Å². The molecule has 17 heavy (non-hydrogen) atoms. The molecule has 0 fully saturated rings. The summed E-state index contributed by atoms with van der Waals surface area (Å²) in [5.74, 6) is -0.816. The van der Waals surface area contributed by atoms with Gasteiger partial charge in [0.1, 0.15) is 5.82 Å². The zero-order chi connectivity index (χ0) is 13.2. The lowest BCUT2D eigenvalue weighted by Crippen LogP contribution is -2.42. The Kier molecular flexibility index (Phi) is 4.59. The molecule has 2 N–H and O–H groups in total. The molecule has 0 bridgehead atoms. The third-order valence-electron chi connectivity index (χ3n) is 2.50. The van der Waals surface area contributed by atoms with Crippen molar-refractivity contribution in [3.63, 3.8) is 0 Å². The van der Waals surface area contributed by atoms with E-state index in [2.05, 4.69) is 15.9 Å². The van der Waals surface area contributed by atoms with Crippen LogP contribution >= 0.6 is 28.1 Å². The molecule has 6 heteroatoms. The molecule has 0 saturated carbocycles. The number of carbonyl (C=O) groups is 1. The summed E-state index contributed by atoms with van der Waals surface area (Å²) in [6, 6.07) is 3.91. The number of thiocarbonyl (C=S) groups is 1. The van der Waals surface area contributed by atoms with Gasteiger partial charge in [0, 0.05) is 7.05 Å². The fraction of sp³-hybridized carbons (Fsp3) is 0.273. The SMILES string of the molecule is CC(C(N)=S)N(C)C(=O)c1cccc(F)c1Br. The lowest BCUT2D eigenvalue weighted by atomic mass is 10.1. The second kappa shape index (κ2) is 5.55. The highest BCUT2D eigenvalue weighted by atomic mass is 79.9. The van der Waals surface area contributed by atoms with E-state index in [1.54, 1.807) is 14.0 Å². The van der Waals surface area contributed by atoms with Gasteiger partial charge in [-0.05, 0) is 35.0 Å². The van der Waals surface area contributed by atoms with Crippen molar-refractivity contribution < 1.29 is 9.18 Å². The van der Waals surface area contributed by atoms with Crippen molar-refractivity contribution in [3.05, 3.63) is 34.1 Å². The Labute approximate surface area is 113 Å². The molecule has 0 aliphatic carbocycles. The minimum atomic E-state index is -0.479. The average molecular weight is 319 g/mol. The first-order valence-corrected chi connectivity index (χ1v) is 6.07. The second-order valence-corrected chi connectivity index (χ2v) is 4.86. The zero-order valence-electron chi connectivity index (χ0n) is 9.41. The number of hydrogen-bond donors (Lipinski definition) is 1. The van der Waals surface area contributed by atoms with E-state index in [1.165, 1.54) is 23.1 Å². The van der Waals surface area contributed by atoms with Crippen LogP contribution < -0.4 is 5.73 Å². The van der Waals surface area contributed by atoms with Crippen molar-refractivity contribution in [2.75, 3.05) is 7.05 Å². The van der Waals surface area contributed by atoms with Gasteiger partial charge in [-0.2, -0.15) is 0 Å². The Hall–Kier alpha value is -1.01. The topological polar surface area (TPSA) is 46.3 Å². The second-order valence-electron chi connectivity index (χ2n) is 3.60. The van der Waals surface area contributed by atoms with Gasteiger partial charge in [-0.25, -0.2) is 4.39 Å². The lowest BCUT2D eigenvalue weighted by Gasteiger charge is -2.24. The van der Waals surface area contributed by atoms with Crippen molar-refractivity contribution >= 4 is 39.0 Å². The highest BCUT2D eigenvalue weighted by Crippen LogP contribution is 2.22. The highest BCUT2D eigenvalue weighted by Gasteiger charge is 2.22. The smallest absolute Gasteiger partial charge is 0.255 e. The van der Waals surface area contributed by atoms with Gasteiger partial charge in [0.05, 0.1) is 21.1 Å². The number of nitrogens with two attached hydrogens (primary N) is 1. The molecule has 0 aliphatic heterocycles. The van der Waals surface area contributed by atoms with E-state index >= 15 is 0 Å². The van der Waals surface area contributed by atoms with Gasteiger partial charge < -0.3 is 10.6 Å². The summed E-state index contributed by atoms with van der Waals surface area (Å²) in [6.07, 6.45) is 0. The van der Waals surface area contributed by atoms with Crippen LogP contribution in [0.5, 0.6) is 0 Å². The maximum atomic E-state index is 13.3. The summed E-state index contributed by atoms with van der Waals surface area (Å²) in [6.45, 7) is 1.72. The number of carbonyl (C=O) groups excluding carboxylic acids is 1. The Morgan fingerprint density at radius 2 is 2.18 bits per heavy atom. The van der Waals surface area contributed by atoms with Crippen LogP contribution in [0.3, 0.4) is 0 Å². The molecule has 1 aromatic rings. The Bertz CT molecular complexity index is 467. The summed E-state index contributed by atoms with van der Waals surface area (Å²) >= 11 is 7.87. The highest BCUT2D eigenvalue weighted by molar-refractivity contribution is 9.10. The largest absolute Gasteiger partial charge is 0.392 e. The molecule has 1 unspecified atom stereocenters. The maximum Gasteiger partial charge on any atom is 0.255 e. The predicted molar refractivity (Wildman–Crippen MR) is 72.4 cm³/mol. The molecule has 0 heterocycles. The van der Waals surface area contributed by atoms with Gasteiger partial charge in [-0.1, -0.05) is 18.3 Å². The van der Waals surface area contributed by atoms with E-state index < -0.39 is 5.82 Å². The van der Waals surface area contributed by atoms with Crippen LogP contribution in [-0.4, -0.2) is 28.9 Å². The van der Waals surface area contributed by atoms with Crippen LogP contribution in [0, 0.1) is 5.82 Å². The molecule has 1 atom stereocenters. The molecular formula is C11H12BrFN2OS. The molecule has 3 nitrogen and oxygen atoms in total. The summed E-state index contributed by atoms with van der Waals surface area (Å²) in [7, 11) is 1.57. The van der Waals surface area contributed by atoms with Crippen LogP contribution in [0.2, 0.25) is 0 Å². The van der Waals surface area contributed by atoms with Crippen molar-refractivity contribution in [2.45, 2.75) is 13.0 Å². The molecule has 0 saturated heterocycles. The average Bonchev–Trinajstić information content (AvgIpc) is 2.29. The number of nitrogens with zero attached hydrogens (tertiary/aromatic N) is 1. The van der Waals surface area contributed by atoms with E-state index in [4.69, 9.17) is 18.0 Å². The molecule has 0 aromatic heterocycles. The van der Waals surface area contributed by atoms with Gasteiger partial charge >= 0.3 is 0 Å². The van der Waals surface area contributed by atoms with E-state index in [0.29, 0.717) is 0 Å². The lowest BCUT2D eigenvalue weighted by molar-refractivity contribution is 0.0777. The molecule has 0 radical (unpaired) electrons. The van der Waals surface area contributed by atoms with Gasteiger partial charge in [0.15, 0.2) is 0 Å². The summed E-state index contributed by atoms with van der Waals surface area (Å²) in [4.78, 5) is 13.7. The molecule has 1 rings (SSSR count). The maximum absolute atomic E-state index is 13.3. The van der Waals surface area contributed by atoms with Crippen LogP contribution in [0.1, 0.15) is 17.3 Å². The third kappa shape index (κ3) is 3.01. The van der Waals surface area contributed by atoms with Crippen molar-refractivity contribution in [3.8, 4) is 0 Å². The summed E-state index contributed by atoms with van der Waals surface area (Å²) in [5.41, 5.74) is 5.72. The molecule has 0 spiro atoms. The standard InChI is InChI=1S/C11H12BrFN2OS/c1-6(10(14)17)15(2)11(16)7-4-3-5-8(13)9(7)12/h3-6H,1-2H3,(H2,14,17). The minimum Gasteiger partial charge on any atom is -0.392 e.